The van der Waals surface area contributed by atoms with E-state index in [1.807, 2.05) is 26.8 Å². The van der Waals surface area contributed by atoms with Gasteiger partial charge in [-0.15, -0.1) is 10.2 Å². The number of carbonyl (C=O) groups is 2. The van der Waals surface area contributed by atoms with Gasteiger partial charge in [0.25, 0.3) is 0 Å². The number of rotatable bonds is 6. The summed E-state index contributed by atoms with van der Waals surface area (Å²) in [5, 5.41) is 10.3. The van der Waals surface area contributed by atoms with Crippen molar-refractivity contribution in [3.8, 4) is 11.5 Å². The number of hydrogen-bond acceptors (Lipinski definition) is 7. The van der Waals surface area contributed by atoms with Crippen molar-refractivity contribution in [1.82, 2.24) is 15.1 Å². The molecule has 0 aliphatic carbocycles. The molecule has 9 heteroatoms. The average Bonchev–Trinajstić information content (AvgIpc) is 3.22. The Balaban J connectivity index is 1.42. The summed E-state index contributed by atoms with van der Waals surface area (Å²) in [6.45, 7) is 7.16. The van der Waals surface area contributed by atoms with Gasteiger partial charge >= 0.3 is 6.09 Å². The van der Waals surface area contributed by atoms with Crippen molar-refractivity contribution in [3.63, 3.8) is 0 Å². The highest BCUT2D eigenvalue weighted by molar-refractivity contribution is 5.92. The standard InChI is InChI=1S/C21H28N4O5/c1-21(2,3)30-20(27)25-9-5-6-15(11-25)12-28-13-18(26)23-17-8-4-7-16(10-17)19-24-22-14-29-19/h4,7-8,10,14-15H,5-6,9,11-13H2,1-3H3,(H,23,26)/t15-/m0/s1. The number of amides is 2. The molecular formula is C21H28N4O5. The van der Waals surface area contributed by atoms with Gasteiger partial charge in [-0.2, -0.15) is 0 Å². The van der Waals surface area contributed by atoms with Crippen LogP contribution in [0.15, 0.2) is 35.1 Å². The molecule has 0 bridgehead atoms. The molecule has 1 N–H and O–H groups in total. The van der Waals surface area contributed by atoms with Crippen LogP contribution in [0.4, 0.5) is 10.5 Å². The molecule has 1 atom stereocenters. The maximum Gasteiger partial charge on any atom is 0.410 e. The van der Waals surface area contributed by atoms with Crippen LogP contribution in [-0.2, 0) is 14.3 Å². The maximum atomic E-state index is 12.2. The first-order valence-corrected chi connectivity index (χ1v) is 10.0. The number of likely N-dealkylation sites (tertiary alicyclic amines) is 1. The van der Waals surface area contributed by atoms with E-state index >= 15 is 0 Å². The second kappa shape index (κ2) is 9.71. The summed E-state index contributed by atoms with van der Waals surface area (Å²) < 4.78 is 16.2. The molecule has 2 heterocycles. The Morgan fingerprint density at radius 1 is 1.33 bits per heavy atom. The first-order chi connectivity index (χ1) is 14.3. The molecular weight excluding hydrogens is 388 g/mol. The largest absolute Gasteiger partial charge is 0.444 e. The minimum atomic E-state index is -0.514. The smallest absolute Gasteiger partial charge is 0.410 e. The second-order valence-electron chi connectivity index (χ2n) is 8.32. The van der Waals surface area contributed by atoms with Crippen LogP contribution in [0.25, 0.3) is 11.5 Å². The molecule has 1 saturated heterocycles. The van der Waals surface area contributed by atoms with E-state index in [0.29, 0.717) is 31.3 Å². The van der Waals surface area contributed by atoms with Crippen molar-refractivity contribution in [2.24, 2.45) is 5.92 Å². The minimum Gasteiger partial charge on any atom is -0.444 e. The summed E-state index contributed by atoms with van der Waals surface area (Å²) in [5.74, 6) is 0.312. The SMILES string of the molecule is CC(C)(C)OC(=O)N1CCC[C@H](COCC(=O)Nc2cccc(-c3nnco3)c2)C1. The molecule has 30 heavy (non-hydrogen) atoms. The number of nitrogens with one attached hydrogen (secondary N) is 1. The number of carbonyl (C=O) groups excluding carboxylic acids is 2. The number of anilines is 1. The van der Waals surface area contributed by atoms with Gasteiger partial charge in [-0.3, -0.25) is 4.79 Å². The van der Waals surface area contributed by atoms with Gasteiger partial charge in [-0.05, 0) is 51.8 Å². The molecule has 0 unspecified atom stereocenters. The quantitative estimate of drug-likeness (QED) is 0.769. The van der Waals surface area contributed by atoms with E-state index in [9.17, 15) is 9.59 Å². The van der Waals surface area contributed by atoms with Gasteiger partial charge in [0, 0.05) is 30.3 Å². The van der Waals surface area contributed by atoms with E-state index < -0.39 is 5.60 Å². The predicted molar refractivity (Wildman–Crippen MR) is 110 cm³/mol. The van der Waals surface area contributed by atoms with E-state index in [0.717, 1.165) is 18.4 Å². The van der Waals surface area contributed by atoms with Crippen LogP contribution < -0.4 is 5.32 Å². The zero-order chi connectivity index (χ0) is 21.6. The van der Waals surface area contributed by atoms with Crippen LogP contribution in [0.3, 0.4) is 0 Å². The fourth-order valence-electron chi connectivity index (χ4n) is 3.24. The monoisotopic (exact) mass is 416 g/mol. The second-order valence-corrected chi connectivity index (χ2v) is 8.32. The molecule has 3 rings (SSSR count). The third-order valence-electron chi connectivity index (χ3n) is 4.51. The summed E-state index contributed by atoms with van der Waals surface area (Å²) in [4.78, 5) is 26.2. The van der Waals surface area contributed by atoms with Crippen LogP contribution in [0.2, 0.25) is 0 Å². The Morgan fingerprint density at radius 2 is 2.17 bits per heavy atom. The third-order valence-corrected chi connectivity index (χ3v) is 4.51. The van der Waals surface area contributed by atoms with Crippen molar-refractivity contribution in [1.29, 1.82) is 0 Å². The predicted octanol–water partition coefficient (Wildman–Crippen LogP) is 3.34. The zero-order valence-electron chi connectivity index (χ0n) is 17.6. The van der Waals surface area contributed by atoms with Crippen LogP contribution >= 0.6 is 0 Å². The molecule has 9 nitrogen and oxygen atoms in total. The molecule has 162 valence electrons. The fraction of sp³-hybridized carbons (Fsp3) is 0.524. The fourth-order valence-corrected chi connectivity index (χ4v) is 3.24. The van der Waals surface area contributed by atoms with Gasteiger partial charge in [0.1, 0.15) is 12.2 Å². The van der Waals surface area contributed by atoms with Gasteiger partial charge in [0.15, 0.2) is 0 Å². The summed E-state index contributed by atoms with van der Waals surface area (Å²) >= 11 is 0. The number of ether oxygens (including phenoxy) is 2. The van der Waals surface area contributed by atoms with E-state index in [1.54, 1.807) is 23.1 Å². The average molecular weight is 416 g/mol. The molecule has 1 fully saturated rings. The van der Waals surface area contributed by atoms with Gasteiger partial charge < -0.3 is 24.1 Å². The molecule has 0 saturated carbocycles. The van der Waals surface area contributed by atoms with Crippen LogP contribution in [0.5, 0.6) is 0 Å². The highest BCUT2D eigenvalue weighted by atomic mass is 16.6. The molecule has 1 aliphatic rings. The van der Waals surface area contributed by atoms with Gasteiger partial charge in [0.2, 0.25) is 18.2 Å². The topological polar surface area (TPSA) is 107 Å². The number of hydrogen-bond donors (Lipinski definition) is 1. The lowest BCUT2D eigenvalue weighted by atomic mass is 9.99. The molecule has 0 radical (unpaired) electrons. The molecule has 1 aromatic carbocycles. The minimum absolute atomic E-state index is 0.0618. The van der Waals surface area contributed by atoms with Crippen molar-refractivity contribution < 1.29 is 23.5 Å². The molecule has 0 spiro atoms. The lowest BCUT2D eigenvalue weighted by Crippen LogP contribution is -2.44. The number of benzene rings is 1. The summed E-state index contributed by atoms with van der Waals surface area (Å²) in [5.41, 5.74) is 0.822. The number of aromatic nitrogens is 2. The summed E-state index contributed by atoms with van der Waals surface area (Å²) in [6, 6.07) is 7.14. The van der Waals surface area contributed by atoms with Gasteiger partial charge in [-0.1, -0.05) is 6.07 Å². The van der Waals surface area contributed by atoms with Crippen molar-refractivity contribution in [3.05, 3.63) is 30.7 Å². The summed E-state index contributed by atoms with van der Waals surface area (Å²) in [7, 11) is 0. The Bertz CT molecular complexity index is 847. The maximum absolute atomic E-state index is 12.2. The third kappa shape index (κ3) is 6.55. The Morgan fingerprint density at radius 3 is 2.90 bits per heavy atom. The molecule has 1 aromatic heterocycles. The van der Waals surface area contributed by atoms with Gasteiger partial charge in [0.05, 0.1) is 6.61 Å². The molecule has 2 aromatic rings. The Labute approximate surface area is 175 Å². The van der Waals surface area contributed by atoms with Crippen LogP contribution in [0.1, 0.15) is 33.6 Å². The highest BCUT2D eigenvalue weighted by Gasteiger charge is 2.27. The number of piperidine rings is 1. The normalized spacial score (nSPS) is 16.9. The van der Waals surface area contributed by atoms with Crippen molar-refractivity contribution >= 4 is 17.7 Å². The first-order valence-electron chi connectivity index (χ1n) is 10.0. The van der Waals surface area contributed by atoms with E-state index in [2.05, 4.69) is 15.5 Å². The molecule has 2 amide bonds. The lowest BCUT2D eigenvalue weighted by molar-refractivity contribution is -0.121. The van der Waals surface area contributed by atoms with Gasteiger partial charge in [-0.25, -0.2) is 4.79 Å². The van der Waals surface area contributed by atoms with Crippen molar-refractivity contribution in [2.45, 2.75) is 39.2 Å². The summed E-state index contributed by atoms with van der Waals surface area (Å²) in [6.07, 6.45) is 2.80. The van der Waals surface area contributed by atoms with E-state index in [4.69, 9.17) is 13.9 Å². The number of nitrogens with zero attached hydrogens (tertiary/aromatic N) is 3. The van der Waals surface area contributed by atoms with Crippen LogP contribution in [-0.4, -0.2) is 59.0 Å². The van der Waals surface area contributed by atoms with Crippen LogP contribution in [0, 0.1) is 5.92 Å². The van der Waals surface area contributed by atoms with E-state index in [1.165, 1.54) is 6.39 Å². The highest BCUT2D eigenvalue weighted by Crippen LogP contribution is 2.21. The Kier molecular flexibility index (Phi) is 7.04. The van der Waals surface area contributed by atoms with E-state index in [-0.39, 0.29) is 24.5 Å². The zero-order valence-corrected chi connectivity index (χ0v) is 17.6. The molecule has 1 aliphatic heterocycles. The van der Waals surface area contributed by atoms with Crippen molar-refractivity contribution in [2.75, 3.05) is 31.6 Å². The lowest BCUT2D eigenvalue weighted by Gasteiger charge is -2.34. The first kappa shape index (κ1) is 21.8. The Hall–Kier alpha value is -2.94.